The van der Waals surface area contributed by atoms with E-state index in [2.05, 4.69) is 59.5 Å². The van der Waals surface area contributed by atoms with Crippen molar-refractivity contribution in [2.75, 3.05) is 0 Å². The Hall–Kier alpha value is 0.951. The second-order valence-corrected chi connectivity index (χ2v) is 9.76. The molecule has 0 saturated heterocycles. The van der Waals surface area contributed by atoms with E-state index in [0.29, 0.717) is 6.10 Å². The van der Waals surface area contributed by atoms with Crippen LogP contribution in [0, 0.1) is 0 Å². The third-order valence-corrected chi connectivity index (χ3v) is 5.36. The molecule has 0 atom stereocenters. The van der Waals surface area contributed by atoms with E-state index < -0.39 is 8.32 Å². The van der Waals surface area contributed by atoms with Crippen molar-refractivity contribution in [3.63, 3.8) is 0 Å². The van der Waals surface area contributed by atoms with Crippen LogP contribution < -0.4 is 24.8 Å². The second-order valence-electron chi connectivity index (χ2n) is 4.71. The van der Waals surface area contributed by atoms with Gasteiger partial charge in [0.15, 0.2) is 0 Å². The van der Waals surface area contributed by atoms with Crippen LogP contribution in [0.3, 0.4) is 0 Å². The van der Waals surface area contributed by atoms with Gasteiger partial charge in [-0.3, -0.25) is 0 Å². The summed E-state index contributed by atoms with van der Waals surface area (Å²) in [7, 11) is -1.48. The zero-order valence-corrected chi connectivity index (χ0v) is 14.4. The summed E-state index contributed by atoms with van der Waals surface area (Å²) in [4.78, 5) is 0. The molecular formula is C11H19Cl2OSiTi. The van der Waals surface area contributed by atoms with Crippen molar-refractivity contribution in [3.05, 3.63) is 21.6 Å². The Labute approximate surface area is 124 Å². The Morgan fingerprint density at radius 3 is 2.31 bits per heavy atom. The van der Waals surface area contributed by atoms with Gasteiger partial charge in [-0.05, 0) is 0 Å². The maximum absolute atomic E-state index is 6.02. The summed E-state index contributed by atoms with van der Waals surface area (Å²) < 4.78 is 7.54. The Balaban J connectivity index is 0. The van der Waals surface area contributed by atoms with Gasteiger partial charge in [0.05, 0.1) is 0 Å². The Morgan fingerprint density at radius 2 is 1.94 bits per heavy atom. The van der Waals surface area contributed by atoms with E-state index >= 15 is 0 Å². The smallest absolute Gasteiger partial charge is 1.00 e. The first-order chi connectivity index (χ1) is 6.41. The van der Waals surface area contributed by atoms with E-state index in [9.17, 15) is 0 Å². The van der Waals surface area contributed by atoms with Crippen molar-refractivity contribution in [1.82, 2.24) is 0 Å². The van der Waals surface area contributed by atoms with Crippen molar-refractivity contribution < 1.29 is 49.7 Å². The van der Waals surface area contributed by atoms with Crippen LogP contribution in [0.2, 0.25) is 19.1 Å². The average molecular weight is 314 g/mol. The molecule has 0 aliphatic heterocycles. The SMILES string of the molecule is CC(C)O[Si](C)(C)CC1=[C]([Ti+2])CC=C1.[Cl-].[Cl-]. The van der Waals surface area contributed by atoms with Crippen molar-refractivity contribution >= 4 is 8.32 Å². The largest absolute Gasteiger partial charge is 1.00 e. The first-order valence-corrected chi connectivity index (χ1v) is 9.08. The van der Waals surface area contributed by atoms with E-state index in [4.69, 9.17) is 4.43 Å². The summed E-state index contributed by atoms with van der Waals surface area (Å²) in [5.74, 6) is 0. The molecule has 0 N–H and O–H groups in total. The van der Waals surface area contributed by atoms with Gasteiger partial charge in [-0.2, -0.15) is 0 Å². The van der Waals surface area contributed by atoms with Crippen LogP contribution in [0.25, 0.3) is 0 Å². The summed E-state index contributed by atoms with van der Waals surface area (Å²) in [5, 5.41) is 0. The molecule has 0 aromatic carbocycles. The fourth-order valence-corrected chi connectivity index (χ4v) is 5.19. The number of hydrogen-bond acceptors (Lipinski definition) is 1. The molecule has 0 heterocycles. The Bertz CT molecular complexity index is 275. The molecule has 1 rings (SSSR count). The number of rotatable bonds is 4. The predicted molar refractivity (Wildman–Crippen MR) is 59.3 cm³/mol. The van der Waals surface area contributed by atoms with E-state index in [1.54, 1.807) is 0 Å². The first-order valence-electron chi connectivity index (χ1n) is 5.19. The van der Waals surface area contributed by atoms with Crippen molar-refractivity contribution in [1.29, 1.82) is 0 Å². The van der Waals surface area contributed by atoms with Gasteiger partial charge in [0.1, 0.15) is 0 Å². The minimum atomic E-state index is -1.48. The van der Waals surface area contributed by atoms with E-state index in [1.807, 2.05) is 0 Å². The van der Waals surface area contributed by atoms with Gasteiger partial charge in [0.25, 0.3) is 0 Å². The maximum Gasteiger partial charge on any atom is -1.00 e. The fourth-order valence-electron chi connectivity index (χ4n) is 1.85. The molecule has 0 unspecified atom stereocenters. The quantitative estimate of drug-likeness (QED) is 0.517. The van der Waals surface area contributed by atoms with Gasteiger partial charge in [-0.15, -0.1) is 0 Å². The molecule has 0 spiro atoms. The fraction of sp³-hybridized carbons (Fsp3) is 0.636. The zero-order valence-electron chi connectivity index (χ0n) is 10.3. The standard InChI is InChI=1S/C11H19OSi.2ClH.Ti/c1-10(2)12-13(3,4)9-11-7-5-6-8-11;;;/h5,7,10H,6,9H2,1-4H3;2*1H;/q;;;+2/p-2. The number of allylic oxidation sites excluding steroid dienone is 4. The Kier molecular flexibility index (Phi) is 9.80. The normalized spacial score (nSPS) is 15.2. The molecule has 1 nitrogen and oxygen atoms in total. The summed E-state index contributed by atoms with van der Waals surface area (Å²) >= 11 is 2.23. The van der Waals surface area contributed by atoms with Crippen LogP contribution in [-0.2, 0) is 24.9 Å². The van der Waals surface area contributed by atoms with E-state index in [0.717, 1.165) is 12.5 Å². The molecule has 0 bridgehead atoms. The molecule has 0 fully saturated rings. The molecule has 0 saturated carbocycles. The van der Waals surface area contributed by atoms with Crippen molar-refractivity contribution in [2.24, 2.45) is 0 Å². The summed E-state index contributed by atoms with van der Waals surface area (Å²) in [5.41, 5.74) is 1.52. The van der Waals surface area contributed by atoms with Gasteiger partial charge in [0.2, 0.25) is 0 Å². The molecule has 0 aromatic heterocycles. The molecule has 91 valence electrons. The number of halogens is 2. The van der Waals surface area contributed by atoms with Crippen molar-refractivity contribution in [2.45, 2.75) is 45.5 Å². The van der Waals surface area contributed by atoms with Crippen LogP contribution in [-0.4, -0.2) is 14.4 Å². The van der Waals surface area contributed by atoms with Gasteiger partial charge in [-0.1, -0.05) is 0 Å². The van der Waals surface area contributed by atoms with Crippen LogP contribution >= 0.6 is 0 Å². The van der Waals surface area contributed by atoms with Gasteiger partial charge < -0.3 is 24.8 Å². The average Bonchev–Trinajstić information content (AvgIpc) is 2.32. The predicted octanol–water partition coefficient (Wildman–Crippen LogP) is -2.61. The van der Waals surface area contributed by atoms with Crippen LogP contribution in [0.4, 0.5) is 0 Å². The van der Waals surface area contributed by atoms with Gasteiger partial charge in [0, 0.05) is 0 Å². The maximum atomic E-state index is 6.02. The number of hydrogen-bond donors (Lipinski definition) is 0. The van der Waals surface area contributed by atoms with Crippen LogP contribution in [0.15, 0.2) is 21.6 Å². The molecule has 0 amide bonds. The van der Waals surface area contributed by atoms with E-state index in [1.165, 1.54) is 9.45 Å². The van der Waals surface area contributed by atoms with Crippen molar-refractivity contribution in [3.8, 4) is 0 Å². The molecule has 16 heavy (non-hydrogen) atoms. The molecule has 1 aliphatic carbocycles. The summed E-state index contributed by atoms with van der Waals surface area (Å²) in [6.45, 7) is 8.86. The summed E-state index contributed by atoms with van der Waals surface area (Å²) in [6.07, 6.45) is 6.03. The molecule has 1 aliphatic rings. The molecule has 0 radical (unpaired) electrons. The van der Waals surface area contributed by atoms with Gasteiger partial charge >= 0.3 is 100 Å². The third kappa shape index (κ3) is 6.63. The third-order valence-electron chi connectivity index (χ3n) is 2.20. The summed E-state index contributed by atoms with van der Waals surface area (Å²) in [6, 6.07) is 1.16. The zero-order chi connectivity index (χ0) is 10.8. The minimum absolute atomic E-state index is 0. The first kappa shape index (κ1) is 19.3. The van der Waals surface area contributed by atoms with Crippen LogP contribution in [0.5, 0.6) is 0 Å². The topological polar surface area (TPSA) is 9.23 Å². The molecular weight excluding hydrogens is 295 g/mol. The Morgan fingerprint density at radius 1 is 1.38 bits per heavy atom. The second kappa shape index (κ2) is 8.12. The van der Waals surface area contributed by atoms with E-state index in [-0.39, 0.29) is 24.8 Å². The minimum Gasteiger partial charge on any atom is -1.00 e. The molecule has 5 heteroatoms. The monoisotopic (exact) mass is 313 g/mol. The van der Waals surface area contributed by atoms with Crippen LogP contribution in [0.1, 0.15) is 20.3 Å². The molecule has 0 aromatic rings. The van der Waals surface area contributed by atoms with Gasteiger partial charge in [-0.25, -0.2) is 0 Å².